The lowest BCUT2D eigenvalue weighted by Gasteiger charge is -2.10. The molecule has 4 N–H and O–H groups in total. The summed E-state index contributed by atoms with van der Waals surface area (Å²) < 4.78 is 0. The minimum Gasteiger partial charge on any atom is -0.508 e. The van der Waals surface area contributed by atoms with Crippen molar-refractivity contribution in [2.24, 2.45) is 0 Å². The van der Waals surface area contributed by atoms with Gasteiger partial charge in [0.05, 0.1) is 0 Å². The summed E-state index contributed by atoms with van der Waals surface area (Å²) in [7, 11) is 0. The Labute approximate surface area is 113 Å². The molecule has 0 saturated carbocycles. The van der Waals surface area contributed by atoms with Gasteiger partial charge < -0.3 is 15.5 Å². The first-order valence-electron chi connectivity index (χ1n) is 6.49. The van der Waals surface area contributed by atoms with Crippen molar-refractivity contribution in [2.75, 3.05) is 6.54 Å². The van der Waals surface area contributed by atoms with E-state index >= 15 is 0 Å². The summed E-state index contributed by atoms with van der Waals surface area (Å²) in [5, 5.41) is 21.5. The Bertz CT molecular complexity index is 523. The van der Waals surface area contributed by atoms with E-state index in [1.54, 1.807) is 18.2 Å². The summed E-state index contributed by atoms with van der Waals surface area (Å²) in [4.78, 5) is 0. The predicted molar refractivity (Wildman–Crippen MR) is 74.7 cm³/mol. The van der Waals surface area contributed by atoms with Crippen LogP contribution in [0.5, 0.6) is 5.75 Å². The second-order valence-electron chi connectivity index (χ2n) is 4.82. The van der Waals surface area contributed by atoms with Gasteiger partial charge in [0, 0.05) is 5.56 Å². The van der Waals surface area contributed by atoms with Crippen LogP contribution in [0.15, 0.2) is 48.5 Å². The smallest absolute Gasteiger partial charge is 0.128 e. The molecule has 0 fully saturated rings. The third-order valence-corrected chi connectivity index (χ3v) is 3.15. The molecule has 0 radical (unpaired) electrons. The fourth-order valence-electron chi connectivity index (χ4n) is 2.00. The number of aromatic hydroxyl groups is 1. The Hall–Kier alpha value is -1.84. The number of phenols is 1. The van der Waals surface area contributed by atoms with Gasteiger partial charge >= 0.3 is 0 Å². The molecule has 2 aromatic carbocycles. The molecule has 0 heterocycles. The molecular formula is C16H20NO2+. The van der Waals surface area contributed by atoms with E-state index in [0.29, 0.717) is 6.54 Å². The fourth-order valence-corrected chi connectivity index (χ4v) is 2.00. The number of aliphatic hydroxyl groups excluding tert-OH is 1. The Morgan fingerprint density at radius 3 is 2.53 bits per heavy atom. The first-order valence-corrected chi connectivity index (χ1v) is 6.49. The molecule has 0 unspecified atom stereocenters. The van der Waals surface area contributed by atoms with Crippen molar-refractivity contribution < 1.29 is 15.5 Å². The van der Waals surface area contributed by atoms with Gasteiger partial charge in [0.2, 0.25) is 0 Å². The fraction of sp³-hybridized carbons (Fsp3) is 0.250. The molecule has 19 heavy (non-hydrogen) atoms. The molecule has 0 aliphatic carbocycles. The van der Waals surface area contributed by atoms with E-state index in [-0.39, 0.29) is 5.75 Å². The van der Waals surface area contributed by atoms with Gasteiger partial charge in [-0.15, -0.1) is 0 Å². The van der Waals surface area contributed by atoms with Crippen LogP contribution in [0.4, 0.5) is 0 Å². The second-order valence-corrected chi connectivity index (χ2v) is 4.82. The van der Waals surface area contributed by atoms with Gasteiger partial charge in [-0.05, 0) is 24.6 Å². The highest BCUT2D eigenvalue weighted by atomic mass is 16.3. The zero-order valence-electron chi connectivity index (χ0n) is 11.1. The first kappa shape index (κ1) is 13.6. The van der Waals surface area contributed by atoms with E-state index in [4.69, 9.17) is 0 Å². The van der Waals surface area contributed by atoms with Crippen LogP contribution in [-0.4, -0.2) is 16.8 Å². The Balaban J connectivity index is 1.84. The maximum absolute atomic E-state index is 10.0. The van der Waals surface area contributed by atoms with E-state index in [1.165, 1.54) is 11.1 Å². The highest BCUT2D eigenvalue weighted by molar-refractivity contribution is 5.28. The zero-order chi connectivity index (χ0) is 13.7. The molecule has 2 aromatic rings. The number of hydrogen-bond donors (Lipinski definition) is 3. The highest BCUT2D eigenvalue weighted by Gasteiger charge is 2.09. The van der Waals surface area contributed by atoms with Crippen LogP contribution in [0.3, 0.4) is 0 Å². The van der Waals surface area contributed by atoms with Crippen LogP contribution in [0.1, 0.15) is 22.8 Å². The summed E-state index contributed by atoms with van der Waals surface area (Å²) in [5.74, 6) is 0.190. The number of nitrogens with two attached hydrogens (primary N) is 1. The molecular weight excluding hydrogens is 238 g/mol. The van der Waals surface area contributed by atoms with Crippen molar-refractivity contribution in [2.45, 2.75) is 19.6 Å². The van der Waals surface area contributed by atoms with E-state index < -0.39 is 6.10 Å². The lowest BCUT2D eigenvalue weighted by molar-refractivity contribution is -0.677. The van der Waals surface area contributed by atoms with Crippen LogP contribution in [-0.2, 0) is 6.54 Å². The average Bonchev–Trinajstić information content (AvgIpc) is 2.41. The van der Waals surface area contributed by atoms with Gasteiger partial charge in [0.15, 0.2) is 0 Å². The number of rotatable bonds is 5. The van der Waals surface area contributed by atoms with Crippen LogP contribution in [0.25, 0.3) is 0 Å². The van der Waals surface area contributed by atoms with Crippen molar-refractivity contribution in [1.82, 2.24) is 0 Å². The topological polar surface area (TPSA) is 57.1 Å². The quantitative estimate of drug-likeness (QED) is 0.761. The SMILES string of the molecule is Cc1ccc(C[NH2+]C[C@H](O)c2cccc(O)c2)cc1. The number of quaternary nitrogens is 1. The van der Waals surface area contributed by atoms with Crippen LogP contribution in [0.2, 0.25) is 0 Å². The van der Waals surface area contributed by atoms with Gasteiger partial charge in [-0.1, -0.05) is 42.0 Å². The normalized spacial score (nSPS) is 12.3. The maximum Gasteiger partial charge on any atom is 0.128 e. The standard InChI is InChI=1S/C16H19NO2/c1-12-5-7-13(8-6-12)10-17-11-16(19)14-3-2-4-15(18)9-14/h2-9,16-19H,10-11H2,1H3/p+1/t16-/m0/s1. The van der Waals surface area contributed by atoms with Gasteiger partial charge in [-0.3, -0.25) is 0 Å². The Morgan fingerprint density at radius 1 is 1.11 bits per heavy atom. The molecule has 0 amide bonds. The molecule has 100 valence electrons. The number of aryl methyl sites for hydroxylation is 1. The first-order chi connectivity index (χ1) is 9.15. The molecule has 0 saturated heterocycles. The maximum atomic E-state index is 10.0. The summed E-state index contributed by atoms with van der Waals surface area (Å²) in [6.45, 7) is 3.49. The minimum atomic E-state index is -0.558. The molecule has 0 aromatic heterocycles. The van der Waals surface area contributed by atoms with Crippen LogP contribution >= 0.6 is 0 Å². The summed E-state index contributed by atoms with van der Waals surface area (Å²) in [6.07, 6.45) is -0.558. The Kier molecular flexibility index (Phi) is 4.55. The van der Waals surface area contributed by atoms with Gasteiger partial charge in [0.1, 0.15) is 24.9 Å². The van der Waals surface area contributed by atoms with Gasteiger partial charge in [-0.25, -0.2) is 0 Å². The number of benzene rings is 2. The third kappa shape index (κ3) is 4.09. The van der Waals surface area contributed by atoms with Gasteiger partial charge in [-0.2, -0.15) is 0 Å². The minimum absolute atomic E-state index is 0.190. The summed E-state index contributed by atoms with van der Waals surface area (Å²) in [5.41, 5.74) is 3.25. The summed E-state index contributed by atoms with van der Waals surface area (Å²) in [6, 6.07) is 15.2. The van der Waals surface area contributed by atoms with Gasteiger partial charge in [0.25, 0.3) is 0 Å². The van der Waals surface area contributed by atoms with Crippen molar-refractivity contribution in [3.05, 3.63) is 65.2 Å². The molecule has 2 rings (SSSR count). The predicted octanol–water partition coefficient (Wildman–Crippen LogP) is 1.50. The number of aliphatic hydroxyl groups is 1. The van der Waals surface area contributed by atoms with Crippen LogP contribution < -0.4 is 5.32 Å². The second kappa shape index (κ2) is 6.36. The largest absolute Gasteiger partial charge is 0.508 e. The number of phenolic OH excluding ortho intramolecular Hbond substituents is 1. The number of hydrogen-bond acceptors (Lipinski definition) is 2. The van der Waals surface area contributed by atoms with Crippen molar-refractivity contribution >= 4 is 0 Å². The molecule has 0 spiro atoms. The molecule has 1 atom stereocenters. The summed E-state index contributed by atoms with van der Waals surface area (Å²) >= 11 is 0. The molecule has 0 aliphatic rings. The van der Waals surface area contributed by atoms with Crippen LogP contribution in [0, 0.1) is 6.92 Å². The van der Waals surface area contributed by atoms with Crippen molar-refractivity contribution in [3.63, 3.8) is 0 Å². The molecule has 0 aliphatic heterocycles. The monoisotopic (exact) mass is 258 g/mol. The van der Waals surface area contributed by atoms with Crippen molar-refractivity contribution in [1.29, 1.82) is 0 Å². The van der Waals surface area contributed by atoms with E-state index in [9.17, 15) is 10.2 Å². The lowest BCUT2D eigenvalue weighted by Crippen LogP contribution is -2.83. The highest BCUT2D eigenvalue weighted by Crippen LogP contribution is 2.16. The Morgan fingerprint density at radius 2 is 1.84 bits per heavy atom. The zero-order valence-corrected chi connectivity index (χ0v) is 11.1. The van der Waals surface area contributed by atoms with E-state index in [1.807, 2.05) is 6.07 Å². The average molecular weight is 258 g/mol. The molecule has 0 bridgehead atoms. The van der Waals surface area contributed by atoms with Crippen molar-refractivity contribution in [3.8, 4) is 5.75 Å². The van der Waals surface area contributed by atoms with E-state index in [0.717, 1.165) is 12.1 Å². The molecule has 3 heteroatoms. The van der Waals surface area contributed by atoms with E-state index in [2.05, 4.69) is 36.5 Å². The third-order valence-electron chi connectivity index (χ3n) is 3.15. The molecule has 3 nitrogen and oxygen atoms in total. The lowest BCUT2D eigenvalue weighted by atomic mass is 10.1.